The molecule has 1 aromatic rings. The highest BCUT2D eigenvalue weighted by molar-refractivity contribution is 5.75. The number of nitrogens with zero attached hydrogens (tertiary/aromatic N) is 2. The van der Waals surface area contributed by atoms with Crippen LogP contribution >= 0.6 is 0 Å². The van der Waals surface area contributed by atoms with E-state index in [4.69, 9.17) is 9.47 Å². The lowest BCUT2D eigenvalue weighted by atomic mass is 10.1. The van der Waals surface area contributed by atoms with Gasteiger partial charge in [-0.25, -0.2) is 4.79 Å². The topological polar surface area (TPSA) is 54.0 Å². The molecule has 1 N–H and O–H groups in total. The van der Waals surface area contributed by atoms with E-state index in [9.17, 15) is 4.79 Å². The van der Waals surface area contributed by atoms with Gasteiger partial charge >= 0.3 is 6.03 Å². The Bertz CT molecular complexity index is 517. The number of amides is 2. The summed E-state index contributed by atoms with van der Waals surface area (Å²) in [6.45, 7) is 10.8. The van der Waals surface area contributed by atoms with Gasteiger partial charge in [-0.3, -0.25) is 4.90 Å². The quantitative estimate of drug-likeness (QED) is 0.896. The van der Waals surface area contributed by atoms with Gasteiger partial charge in [0.1, 0.15) is 18.1 Å². The van der Waals surface area contributed by atoms with E-state index in [-0.39, 0.29) is 11.6 Å². The van der Waals surface area contributed by atoms with Crippen LogP contribution in [0.25, 0.3) is 0 Å². The summed E-state index contributed by atoms with van der Waals surface area (Å²) in [6.07, 6.45) is 0. The van der Waals surface area contributed by atoms with Crippen LogP contribution in [0, 0.1) is 0 Å². The molecule has 134 valence electrons. The molecule has 0 unspecified atom stereocenters. The van der Waals surface area contributed by atoms with Crippen LogP contribution in [-0.2, 0) is 0 Å². The fourth-order valence-electron chi connectivity index (χ4n) is 2.54. The fourth-order valence-corrected chi connectivity index (χ4v) is 2.54. The number of methoxy groups -OCH3 is 1. The zero-order valence-corrected chi connectivity index (χ0v) is 15.2. The summed E-state index contributed by atoms with van der Waals surface area (Å²) in [5, 5.41) is 3.01. The number of piperazine rings is 1. The molecule has 0 spiro atoms. The maximum atomic E-state index is 12.1. The highest BCUT2D eigenvalue weighted by atomic mass is 16.5. The lowest BCUT2D eigenvalue weighted by Crippen LogP contribution is -2.55. The second-order valence-electron chi connectivity index (χ2n) is 7.03. The van der Waals surface area contributed by atoms with Crippen LogP contribution in [0.15, 0.2) is 24.3 Å². The molecule has 0 saturated carbocycles. The van der Waals surface area contributed by atoms with Crippen LogP contribution in [0.5, 0.6) is 11.5 Å². The van der Waals surface area contributed by atoms with Gasteiger partial charge in [-0.2, -0.15) is 0 Å². The van der Waals surface area contributed by atoms with E-state index in [1.807, 2.05) is 49.9 Å². The van der Waals surface area contributed by atoms with E-state index < -0.39 is 0 Å². The van der Waals surface area contributed by atoms with Gasteiger partial charge < -0.3 is 19.7 Å². The molecule has 0 bridgehead atoms. The van der Waals surface area contributed by atoms with Crippen LogP contribution in [-0.4, -0.2) is 67.8 Å². The zero-order chi connectivity index (χ0) is 17.6. The monoisotopic (exact) mass is 335 g/mol. The fraction of sp³-hybridized carbons (Fsp3) is 0.611. The summed E-state index contributed by atoms with van der Waals surface area (Å²) in [7, 11) is 1.65. The van der Waals surface area contributed by atoms with Crippen molar-refractivity contribution < 1.29 is 14.3 Å². The Kier molecular flexibility index (Phi) is 6.31. The van der Waals surface area contributed by atoms with Crippen molar-refractivity contribution in [1.29, 1.82) is 0 Å². The summed E-state index contributed by atoms with van der Waals surface area (Å²) in [6, 6.07) is 7.63. The number of nitrogens with one attached hydrogen (secondary N) is 1. The maximum absolute atomic E-state index is 12.1. The standard InChI is InChI=1S/C18H29N3O3/c1-18(2,3)19-17(22)21-11-9-20(10-12-21)13-14-24-16-7-5-15(23-4)6-8-16/h5-8H,9-14H2,1-4H3,(H,19,22). The van der Waals surface area contributed by atoms with Gasteiger partial charge in [0.05, 0.1) is 7.11 Å². The van der Waals surface area contributed by atoms with Crippen molar-refractivity contribution >= 4 is 6.03 Å². The Morgan fingerprint density at radius 1 is 1.08 bits per heavy atom. The number of urea groups is 1. The molecule has 2 rings (SSSR count). The lowest BCUT2D eigenvalue weighted by Gasteiger charge is -2.36. The SMILES string of the molecule is COc1ccc(OCCN2CCN(C(=O)NC(C)(C)C)CC2)cc1. The van der Waals surface area contributed by atoms with E-state index in [1.165, 1.54) is 0 Å². The van der Waals surface area contributed by atoms with Crippen molar-refractivity contribution in [3.63, 3.8) is 0 Å². The average molecular weight is 335 g/mol. The highest BCUT2D eigenvalue weighted by Gasteiger charge is 2.23. The van der Waals surface area contributed by atoms with Gasteiger partial charge in [0, 0.05) is 38.3 Å². The Morgan fingerprint density at radius 3 is 2.21 bits per heavy atom. The first kappa shape index (κ1) is 18.4. The molecule has 6 heteroatoms. The third-order valence-corrected chi connectivity index (χ3v) is 3.88. The first-order valence-electron chi connectivity index (χ1n) is 8.44. The molecular weight excluding hydrogens is 306 g/mol. The number of ether oxygens (including phenoxy) is 2. The molecule has 1 heterocycles. The Morgan fingerprint density at radius 2 is 1.67 bits per heavy atom. The van der Waals surface area contributed by atoms with Gasteiger partial charge in [-0.05, 0) is 45.0 Å². The molecule has 1 aliphatic rings. The van der Waals surface area contributed by atoms with E-state index in [0.29, 0.717) is 6.61 Å². The first-order chi connectivity index (χ1) is 11.4. The van der Waals surface area contributed by atoms with Gasteiger partial charge in [0.15, 0.2) is 0 Å². The second-order valence-corrected chi connectivity index (χ2v) is 7.03. The normalized spacial score (nSPS) is 15.9. The van der Waals surface area contributed by atoms with Crippen molar-refractivity contribution in [2.45, 2.75) is 26.3 Å². The molecule has 0 aliphatic carbocycles. The molecule has 2 amide bonds. The van der Waals surface area contributed by atoms with Gasteiger partial charge in [0.2, 0.25) is 0 Å². The first-order valence-corrected chi connectivity index (χ1v) is 8.44. The second kappa shape index (κ2) is 8.24. The minimum atomic E-state index is -0.194. The summed E-state index contributed by atoms with van der Waals surface area (Å²) >= 11 is 0. The summed E-state index contributed by atoms with van der Waals surface area (Å²) in [4.78, 5) is 16.3. The van der Waals surface area contributed by atoms with Crippen molar-refractivity contribution in [1.82, 2.24) is 15.1 Å². The molecule has 6 nitrogen and oxygen atoms in total. The van der Waals surface area contributed by atoms with Gasteiger partial charge in [-0.1, -0.05) is 0 Å². The average Bonchev–Trinajstić information content (AvgIpc) is 2.54. The Labute approximate surface area is 144 Å². The number of carbonyl (C=O) groups is 1. The van der Waals surface area contributed by atoms with E-state index in [0.717, 1.165) is 44.2 Å². The molecule has 0 aromatic heterocycles. The van der Waals surface area contributed by atoms with E-state index >= 15 is 0 Å². The molecule has 1 aliphatic heterocycles. The van der Waals surface area contributed by atoms with E-state index in [1.54, 1.807) is 7.11 Å². The minimum absolute atomic E-state index is 0.0247. The number of hydrogen-bond donors (Lipinski definition) is 1. The van der Waals surface area contributed by atoms with Crippen molar-refractivity contribution in [3.8, 4) is 11.5 Å². The Hall–Kier alpha value is -1.95. The highest BCUT2D eigenvalue weighted by Crippen LogP contribution is 2.17. The summed E-state index contributed by atoms with van der Waals surface area (Å²) in [5.74, 6) is 1.67. The zero-order valence-electron chi connectivity index (χ0n) is 15.2. The van der Waals surface area contributed by atoms with Crippen molar-refractivity contribution in [2.24, 2.45) is 0 Å². The molecule has 0 atom stereocenters. The number of rotatable bonds is 5. The largest absolute Gasteiger partial charge is 0.497 e. The molecule has 0 radical (unpaired) electrons. The van der Waals surface area contributed by atoms with Gasteiger partial charge in [-0.15, -0.1) is 0 Å². The summed E-state index contributed by atoms with van der Waals surface area (Å²) in [5.41, 5.74) is -0.194. The number of benzene rings is 1. The smallest absolute Gasteiger partial charge is 0.317 e. The van der Waals surface area contributed by atoms with Crippen molar-refractivity contribution in [2.75, 3.05) is 46.4 Å². The van der Waals surface area contributed by atoms with Crippen LogP contribution in [0.2, 0.25) is 0 Å². The molecule has 24 heavy (non-hydrogen) atoms. The van der Waals surface area contributed by atoms with Crippen LogP contribution in [0.4, 0.5) is 4.79 Å². The number of carbonyl (C=O) groups excluding carboxylic acids is 1. The van der Waals surface area contributed by atoms with Crippen LogP contribution < -0.4 is 14.8 Å². The maximum Gasteiger partial charge on any atom is 0.317 e. The predicted octanol–water partition coefficient (Wildman–Crippen LogP) is 2.20. The molecule has 1 saturated heterocycles. The number of hydrogen-bond acceptors (Lipinski definition) is 4. The lowest BCUT2D eigenvalue weighted by molar-refractivity contribution is 0.122. The van der Waals surface area contributed by atoms with E-state index in [2.05, 4.69) is 10.2 Å². The predicted molar refractivity (Wildman–Crippen MR) is 94.8 cm³/mol. The summed E-state index contributed by atoms with van der Waals surface area (Å²) < 4.78 is 10.9. The minimum Gasteiger partial charge on any atom is -0.497 e. The Balaban J connectivity index is 1.66. The molecular formula is C18H29N3O3. The third-order valence-electron chi connectivity index (χ3n) is 3.88. The third kappa shape index (κ3) is 5.92. The van der Waals surface area contributed by atoms with Crippen LogP contribution in [0.1, 0.15) is 20.8 Å². The molecule has 1 aromatic carbocycles. The van der Waals surface area contributed by atoms with Gasteiger partial charge in [0.25, 0.3) is 0 Å². The molecule has 1 fully saturated rings. The van der Waals surface area contributed by atoms with Crippen molar-refractivity contribution in [3.05, 3.63) is 24.3 Å². The van der Waals surface area contributed by atoms with Crippen LogP contribution in [0.3, 0.4) is 0 Å².